The molecule has 1 aliphatic heterocycles. The average molecular weight is 300 g/mol. The Bertz CT molecular complexity index is 677. The fourth-order valence-corrected chi connectivity index (χ4v) is 3.27. The molecule has 1 fully saturated rings. The molecule has 0 bridgehead atoms. The Morgan fingerprint density at radius 1 is 1.41 bits per heavy atom. The number of rotatable bonds is 3. The Morgan fingerprint density at radius 3 is 2.95 bits per heavy atom. The summed E-state index contributed by atoms with van der Waals surface area (Å²) in [7, 11) is 0. The third-order valence-corrected chi connectivity index (χ3v) is 4.61. The van der Waals surface area contributed by atoms with Gasteiger partial charge in [0.25, 0.3) is 0 Å². The highest BCUT2D eigenvalue weighted by atomic mass is 16.3. The molecule has 4 nitrogen and oxygen atoms in total. The van der Waals surface area contributed by atoms with E-state index >= 15 is 0 Å². The Kier molecular flexibility index (Phi) is 4.21. The lowest BCUT2D eigenvalue weighted by Gasteiger charge is -2.36. The number of carbonyl (C=O) groups excluding carboxylic acids is 1. The van der Waals surface area contributed by atoms with Crippen molar-refractivity contribution < 1.29 is 9.21 Å². The molecule has 1 N–H and O–H groups in total. The van der Waals surface area contributed by atoms with Gasteiger partial charge in [0.15, 0.2) is 0 Å². The fourth-order valence-electron chi connectivity index (χ4n) is 3.27. The lowest BCUT2D eigenvalue weighted by Crippen LogP contribution is -2.49. The van der Waals surface area contributed by atoms with Gasteiger partial charge in [-0.1, -0.05) is 18.6 Å². The highest BCUT2D eigenvalue weighted by Crippen LogP contribution is 2.22. The Morgan fingerprint density at radius 2 is 2.23 bits per heavy atom. The summed E-state index contributed by atoms with van der Waals surface area (Å²) in [6.07, 6.45) is 1.00. The van der Waals surface area contributed by atoms with Crippen LogP contribution in [0.25, 0.3) is 11.0 Å². The van der Waals surface area contributed by atoms with E-state index in [-0.39, 0.29) is 5.91 Å². The van der Waals surface area contributed by atoms with Crippen LogP contribution in [0.3, 0.4) is 0 Å². The van der Waals surface area contributed by atoms with Gasteiger partial charge in [0, 0.05) is 31.4 Å². The van der Waals surface area contributed by atoms with Gasteiger partial charge < -0.3 is 14.6 Å². The van der Waals surface area contributed by atoms with Crippen molar-refractivity contribution in [2.24, 2.45) is 5.92 Å². The van der Waals surface area contributed by atoms with Crippen LogP contribution in [0, 0.1) is 12.8 Å². The number of nitrogens with zero attached hydrogens (tertiary/aromatic N) is 1. The number of furan rings is 1. The van der Waals surface area contributed by atoms with E-state index in [1.807, 2.05) is 11.0 Å². The van der Waals surface area contributed by atoms with Crippen LogP contribution in [0.2, 0.25) is 0 Å². The van der Waals surface area contributed by atoms with E-state index < -0.39 is 0 Å². The second-order valence-corrected chi connectivity index (χ2v) is 6.47. The average Bonchev–Trinajstić information content (AvgIpc) is 2.87. The third-order valence-electron chi connectivity index (χ3n) is 4.61. The first-order valence-corrected chi connectivity index (χ1v) is 8.01. The van der Waals surface area contributed by atoms with E-state index in [0.717, 1.165) is 42.8 Å². The van der Waals surface area contributed by atoms with Crippen LogP contribution < -0.4 is 5.32 Å². The standard InChI is InChI=1S/C18H24N2O2/c1-12-4-5-18-15(8-12)9-16(22-18)10-19-17-6-7-20(14(3)21)11-13(17)2/h4-5,8-9,13,17,19H,6-7,10-11H2,1-3H3/t13-,17-/m0/s1. The summed E-state index contributed by atoms with van der Waals surface area (Å²) in [5, 5.41) is 4.75. The van der Waals surface area contributed by atoms with Crippen LogP contribution in [0.5, 0.6) is 0 Å². The Labute approximate surface area is 131 Å². The maximum absolute atomic E-state index is 11.4. The van der Waals surface area contributed by atoms with Crippen molar-refractivity contribution in [3.05, 3.63) is 35.6 Å². The molecule has 118 valence electrons. The highest BCUT2D eigenvalue weighted by Gasteiger charge is 2.26. The number of piperidine rings is 1. The first-order chi connectivity index (χ1) is 10.5. The van der Waals surface area contributed by atoms with Crippen LogP contribution in [-0.4, -0.2) is 29.9 Å². The summed E-state index contributed by atoms with van der Waals surface area (Å²) < 4.78 is 5.88. The van der Waals surface area contributed by atoms with Crippen LogP contribution in [0.1, 0.15) is 31.6 Å². The number of hydrogen-bond acceptors (Lipinski definition) is 3. The fraction of sp³-hybridized carbons (Fsp3) is 0.500. The van der Waals surface area contributed by atoms with E-state index in [1.54, 1.807) is 6.92 Å². The maximum atomic E-state index is 11.4. The number of hydrogen-bond donors (Lipinski definition) is 1. The molecule has 2 aromatic rings. The molecule has 1 aliphatic rings. The van der Waals surface area contributed by atoms with E-state index in [2.05, 4.69) is 37.4 Å². The summed E-state index contributed by atoms with van der Waals surface area (Å²) in [6.45, 7) is 8.37. The lowest BCUT2D eigenvalue weighted by atomic mass is 9.94. The number of amides is 1. The van der Waals surface area contributed by atoms with E-state index in [1.165, 1.54) is 5.56 Å². The molecule has 0 saturated carbocycles. The van der Waals surface area contributed by atoms with Gasteiger partial charge in [-0.3, -0.25) is 4.79 Å². The quantitative estimate of drug-likeness (QED) is 0.947. The first-order valence-electron chi connectivity index (χ1n) is 8.01. The first kappa shape index (κ1) is 15.1. The van der Waals surface area contributed by atoms with Crippen LogP contribution in [0.4, 0.5) is 0 Å². The molecule has 1 saturated heterocycles. The molecule has 0 radical (unpaired) electrons. The van der Waals surface area contributed by atoms with E-state index in [4.69, 9.17) is 4.42 Å². The summed E-state index contributed by atoms with van der Waals surface area (Å²) in [5.41, 5.74) is 2.19. The van der Waals surface area contributed by atoms with Crippen molar-refractivity contribution in [3.8, 4) is 0 Å². The SMILES string of the molecule is CC(=O)N1CC[C@H](NCc2cc3cc(C)ccc3o2)[C@@H](C)C1. The number of aryl methyl sites for hydroxylation is 1. The van der Waals surface area contributed by atoms with Crippen LogP contribution in [0.15, 0.2) is 28.7 Å². The molecule has 1 amide bonds. The predicted molar refractivity (Wildman–Crippen MR) is 87.6 cm³/mol. The number of fused-ring (bicyclic) bond motifs is 1. The van der Waals surface area contributed by atoms with Gasteiger partial charge in [-0.2, -0.15) is 0 Å². The van der Waals surface area contributed by atoms with Gasteiger partial charge in [0.2, 0.25) is 5.91 Å². The molecule has 4 heteroatoms. The molecule has 2 atom stereocenters. The van der Waals surface area contributed by atoms with Crippen molar-refractivity contribution in [3.63, 3.8) is 0 Å². The number of carbonyl (C=O) groups is 1. The minimum atomic E-state index is 0.179. The molecule has 2 heterocycles. The minimum Gasteiger partial charge on any atom is -0.460 e. The van der Waals surface area contributed by atoms with E-state index in [0.29, 0.717) is 12.0 Å². The number of nitrogens with one attached hydrogen (secondary N) is 1. The molecule has 0 aliphatic carbocycles. The number of benzene rings is 1. The Balaban J connectivity index is 1.61. The molecule has 1 aromatic heterocycles. The largest absolute Gasteiger partial charge is 0.460 e. The van der Waals surface area contributed by atoms with Crippen molar-refractivity contribution in [2.45, 2.75) is 39.8 Å². The van der Waals surface area contributed by atoms with Crippen molar-refractivity contribution in [1.82, 2.24) is 10.2 Å². The van der Waals surface area contributed by atoms with Crippen LogP contribution >= 0.6 is 0 Å². The zero-order valence-corrected chi connectivity index (χ0v) is 13.6. The molecule has 0 spiro atoms. The van der Waals surface area contributed by atoms with Gasteiger partial charge in [-0.25, -0.2) is 0 Å². The summed E-state index contributed by atoms with van der Waals surface area (Å²) in [5.74, 6) is 1.61. The molecular weight excluding hydrogens is 276 g/mol. The predicted octanol–water partition coefficient (Wildman–Crippen LogP) is 3.09. The zero-order valence-electron chi connectivity index (χ0n) is 13.6. The van der Waals surface area contributed by atoms with Crippen LogP contribution in [-0.2, 0) is 11.3 Å². The van der Waals surface area contributed by atoms with Crippen molar-refractivity contribution in [1.29, 1.82) is 0 Å². The molecule has 1 aromatic carbocycles. The third kappa shape index (κ3) is 3.17. The molecule has 3 rings (SSSR count). The second kappa shape index (κ2) is 6.13. The zero-order chi connectivity index (χ0) is 15.7. The number of likely N-dealkylation sites (tertiary alicyclic amines) is 1. The molecular formula is C18H24N2O2. The lowest BCUT2D eigenvalue weighted by molar-refractivity contribution is -0.130. The smallest absolute Gasteiger partial charge is 0.219 e. The summed E-state index contributed by atoms with van der Waals surface area (Å²) in [4.78, 5) is 13.4. The topological polar surface area (TPSA) is 45.5 Å². The summed E-state index contributed by atoms with van der Waals surface area (Å²) >= 11 is 0. The van der Waals surface area contributed by atoms with Gasteiger partial charge in [-0.05, 0) is 37.5 Å². The second-order valence-electron chi connectivity index (χ2n) is 6.47. The van der Waals surface area contributed by atoms with Crippen molar-refractivity contribution in [2.75, 3.05) is 13.1 Å². The van der Waals surface area contributed by atoms with Gasteiger partial charge in [0.1, 0.15) is 11.3 Å². The summed E-state index contributed by atoms with van der Waals surface area (Å²) in [6, 6.07) is 8.80. The Hall–Kier alpha value is -1.81. The molecule has 22 heavy (non-hydrogen) atoms. The normalized spacial score (nSPS) is 22.2. The minimum absolute atomic E-state index is 0.179. The monoisotopic (exact) mass is 300 g/mol. The molecule has 0 unspecified atom stereocenters. The maximum Gasteiger partial charge on any atom is 0.219 e. The van der Waals surface area contributed by atoms with Gasteiger partial charge >= 0.3 is 0 Å². The van der Waals surface area contributed by atoms with E-state index in [9.17, 15) is 4.79 Å². The highest BCUT2D eigenvalue weighted by molar-refractivity contribution is 5.78. The van der Waals surface area contributed by atoms with Gasteiger partial charge in [-0.15, -0.1) is 0 Å². The van der Waals surface area contributed by atoms with Crippen molar-refractivity contribution >= 4 is 16.9 Å². The van der Waals surface area contributed by atoms with Gasteiger partial charge in [0.05, 0.1) is 6.54 Å².